The maximum atomic E-state index is 12.1. The molecule has 2 aromatic heterocycles. The summed E-state index contributed by atoms with van der Waals surface area (Å²) in [5.74, 6) is 3.15. The molecule has 5 rings (SSSR count). The lowest BCUT2D eigenvalue weighted by Crippen LogP contribution is -2.14. The van der Waals surface area contributed by atoms with Gasteiger partial charge >= 0.3 is 0 Å². The Balaban J connectivity index is 1.32. The van der Waals surface area contributed by atoms with Gasteiger partial charge in [0.15, 0.2) is 0 Å². The van der Waals surface area contributed by atoms with Crippen LogP contribution < -0.4 is 9.50 Å². The average molecular weight is 410 g/mol. The second-order valence-corrected chi connectivity index (χ2v) is 8.42. The monoisotopic (exact) mass is 409 g/mol. The highest BCUT2D eigenvalue weighted by Crippen LogP contribution is 2.33. The number of ether oxygens (including phenoxy) is 1. The lowest BCUT2D eigenvalue weighted by molar-refractivity contribution is -0.117. The van der Waals surface area contributed by atoms with E-state index in [4.69, 9.17) is 8.92 Å². The number of amides is 1. The topological polar surface area (TPSA) is 76.2 Å². The first kappa shape index (κ1) is 18.5. The molecule has 2 aliphatic rings. The van der Waals surface area contributed by atoms with Crippen molar-refractivity contribution >= 4 is 34.8 Å². The summed E-state index contributed by atoms with van der Waals surface area (Å²) in [6.45, 7) is 1.70. The third-order valence-electron chi connectivity index (χ3n) is 5.38. The molecule has 2 fully saturated rings. The van der Waals surface area contributed by atoms with E-state index in [1.165, 1.54) is 12.0 Å². The van der Waals surface area contributed by atoms with Crippen LogP contribution in [-0.4, -0.2) is 34.8 Å². The summed E-state index contributed by atoms with van der Waals surface area (Å²) >= 11 is 1.48. The molecule has 0 radical (unpaired) electrons. The molecule has 7 heteroatoms. The fourth-order valence-corrected chi connectivity index (χ4v) is 4.29. The molecular formula is C22H23N3O3S. The molecule has 1 saturated carbocycles. The van der Waals surface area contributed by atoms with E-state index >= 15 is 0 Å². The summed E-state index contributed by atoms with van der Waals surface area (Å²) in [6, 6.07) is 12.0. The number of pyridine rings is 1. The van der Waals surface area contributed by atoms with Gasteiger partial charge in [0, 0.05) is 29.9 Å². The number of H-pyrrole nitrogens is 1. The Hall–Kier alpha value is -2.51. The number of nitrogens with one attached hydrogen (secondary N) is 2. The van der Waals surface area contributed by atoms with Crippen LogP contribution in [0.5, 0.6) is 5.75 Å². The molecule has 1 unspecified atom stereocenters. The lowest BCUT2D eigenvalue weighted by atomic mass is 10.0. The number of benzene rings is 1. The van der Waals surface area contributed by atoms with Gasteiger partial charge < -0.3 is 19.2 Å². The molecule has 3 aromatic rings. The SMILES string of the molecule is O=C(Nc1cc(-c2ccc(OSCC3CCOC3)cc2)c2cc[nH]c2n1)C1CC1. The molecule has 2 N–H and O–H groups in total. The zero-order chi connectivity index (χ0) is 19.6. The number of carbonyl (C=O) groups excluding carboxylic acids is 1. The van der Waals surface area contributed by atoms with Crippen molar-refractivity contribution in [3.05, 3.63) is 42.6 Å². The van der Waals surface area contributed by atoms with Crippen molar-refractivity contribution in [3.8, 4) is 16.9 Å². The first-order valence-electron chi connectivity index (χ1n) is 10.0. The van der Waals surface area contributed by atoms with Gasteiger partial charge in [-0.2, -0.15) is 0 Å². The fraction of sp³-hybridized carbons (Fsp3) is 0.364. The minimum absolute atomic E-state index is 0.0581. The van der Waals surface area contributed by atoms with Crippen molar-refractivity contribution < 1.29 is 13.7 Å². The molecule has 3 heterocycles. The minimum atomic E-state index is 0.0581. The third kappa shape index (κ3) is 4.26. The normalized spacial score (nSPS) is 18.8. The Bertz CT molecular complexity index is 1010. The summed E-state index contributed by atoms with van der Waals surface area (Å²) in [5, 5.41) is 3.98. The van der Waals surface area contributed by atoms with E-state index in [9.17, 15) is 4.79 Å². The van der Waals surface area contributed by atoms with Crippen LogP contribution in [0.25, 0.3) is 22.2 Å². The second kappa shape index (κ2) is 8.08. The van der Waals surface area contributed by atoms with Crippen molar-refractivity contribution in [3.63, 3.8) is 0 Å². The van der Waals surface area contributed by atoms with E-state index in [2.05, 4.69) is 15.3 Å². The summed E-state index contributed by atoms with van der Waals surface area (Å²) in [6.07, 6.45) is 4.92. The number of nitrogens with zero attached hydrogens (tertiary/aromatic N) is 1. The maximum Gasteiger partial charge on any atom is 0.228 e. The van der Waals surface area contributed by atoms with Crippen LogP contribution in [0.3, 0.4) is 0 Å². The molecule has 1 aromatic carbocycles. The number of carbonyl (C=O) groups is 1. The fourth-order valence-electron chi connectivity index (χ4n) is 3.52. The Kier molecular flexibility index (Phi) is 5.16. The van der Waals surface area contributed by atoms with Crippen LogP contribution in [0.1, 0.15) is 19.3 Å². The molecule has 1 aliphatic heterocycles. The van der Waals surface area contributed by atoms with E-state index in [-0.39, 0.29) is 11.8 Å². The van der Waals surface area contributed by atoms with Gasteiger partial charge in [-0.3, -0.25) is 4.79 Å². The molecule has 0 bridgehead atoms. The van der Waals surface area contributed by atoms with Crippen molar-refractivity contribution in [1.29, 1.82) is 0 Å². The summed E-state index contributed by atoms with van der Waals surface area (Å²) in [7, 11) is 0. The van der Waals surface area contributed by atoms with E-state index in [1.807, 2.05) is 42.6 Å². The first-order valence-corrected chi connectivity index (χ1v) is 10.9. The average Bonchev–Trinajstić information content (AvgIpc) is 3.26. The van der Waals surface area contributed by atoms with Gasteiger partial charge in [-0.25, -0.2) is 4.98 Å². The predicted octanol–water partition coefficient (Wildman–Crippen LogP) is 4.64. The van der Waals surface area contributed by atoms with Crippen LogP contribution in [-0.2, 0) is 9.53 Å². The van der Waals surface area contributed by atoms with Gasteiger partial charge in [0.05, 0.1) is 18.6 Å². The molecule has 6 nitrogen and oxygen atoms in total. The largest absolute Gasteiger partial charge is 0.426 e. The van der Waals surface area contributed by atoms with Gasteiger partial charge in [0.2, 0.25) is 5.91 Å². The van der Waals surface area contributed by atoms with E-state index in [0.717, 1.165) is 66.1 Å². The number of aromatic amines is 1. The van der Waals surface area contributed by atoms with E-state index in [0.29, 0.717) is 11.7 Å². The van der Waals surface area contributed by atoms with Crippen LogP contribution in [0.2, 0.25) is 0 Å². The van der Waals surface area contributed by atoms with Crippen LogP contribution in [0.4, 0.5) is 5.82 Å². The van der Waals surface area contributed by atoms with Crippen molar-refractivity contribution in [2.45, 2.75) is 19.3 Å². The summed E-state index contributed by atoms with van der Waals surface area (Å²) in [4.78, 5) is 19.8. The lowest BCUT2D eigenvalue weighted by Gasteiger charge is -2.10. The number of aromatic nitrogens is 2. The maximum absolute atomic E-state index is 12.1. The van der Waals surface area contributed by atoms with Gasteiger partial charge in [0.1, 0.15) is 17.2 Å². The Labute approximate surface area is 173 Å². The van der Waals surface area contributed by atoms with E-state index in [1.54, 1.807) is 0 Å². The minimum Gasteiger partial charge on any atom is -0.426 e. The first-order chi connectivity index (χ1) is 14.3. The van der Waals surface area contributed by atoms with Gasteiger partial charge in [-0.1, -0.05) is 12.1 Å². The highest BCUT2D eigenvalue weighted by atomic mass is 32.2. The van der Waals surface area contributed by atoms with Crippen LogP contribution in [0, 0.1) is 11.8 Å². The predicted molar refractivity (Wildman–Crippen MR) is 115 cm³/mol. The molecule has 1 aliphatic carbocycles. The second-order valence-electron chi connectivity index (χ2n) is 7.68. The zero-order valence-electron chi connectivity index (χ0n) is 16.0. The Morgan fingerprint density at radius 2 is 2.10 bits per heavy atom. The molecule has 1 saturated heterocycles. The number of fused-ring (bicyclic) bond motifs is 1. The number of rotatable bonds is 7. The number of hydrogen-bond acceptors (Lipinski definition) is 5. The van der Waals surface area contributed by atoms with Crippen LogP contribution in [0.15, 0.2) is 42.6 Å². The standard InChI is InChI=1S/C22H23N3O3S/c26-22(16-1-2-16)25-20-11-19(18-7-9-23-21(18)24-20)15-3-5-17(6-4-15)28-29-13-14-8-10-27-12-14/h3-7,9,11,14,16H,1-2,8,10,12-13H2,(H2,23,24,25,26). The molecule has 1 atom stereocenters. The third-order valence-corrected chi connectivity index (χ3v) is 6.29. The Morgan fingerprint density at radius 3 is 2.86 bits per heavy atom. The van der Waals surface area contributed by atoms with Crippen molar-refractivity contribution in [2.24, 2.45) is 11.8 Å². The van der Waals surface area contributed by atoms with E-state index < -0.39 is 0 Å². The van der Waals surface area contributed by atoms with Crippen molar-refractivity contribution in [2.75, 3.05) is 24.3 Å². The van der Waals surface area contributed by atoms with Crippen LogP contribution >= 0.6 is 12.0 Å². The number of hydrogen-bond donors (Lipinski definition) is 2. The van der Waals surface area contributed by atoms with Gasteiger partial charge in [-0.15, -0.1) is 0 Å². The highest BCUT2D eigenvalue weighted by Gasteiger charge is 2.30. The molecular weight excluding hydrogens is 386 g/mol. The highest BCUT2D eigenvalue weighted by molar-refractivity contribution is 7.95. The van der Waals surface area contributed by atoms with Crippen molar-refractivity contribution in [1.82, 2.24) is 9.97 Å². The zero-order valence-corrected chi connectivity index (χ0v) is 16.8. The summed E-state index contributed by atoms with van der Waals surface area (Å²) < 4.78 is 11.2. The quantitative estimate of drug-likeness (QED) is 0.556. The molecule has 29 heavy (non-hydrogen) atoms. The number of anilines is 1. The summed E-state index contributed by atoms with van der Waals surface area (Å²) in [5.41, 5.74) is 2.85. The van der Waals surface area contributed by atoms with Gasteiger partial charge in [-0.05, 0) is 60.6 Å². The molecule has 1 amide bonds. The van der Waals surface area contributed by atoms with Gasteiger partial charge in [0.25, 0.3) is 0 Å². The Morgan fingerprint density at radius 1 is 1.24 bits per heavy atom. The molecule has 150 valence electrons. The molecule has 0 spiro atoms. The smallest absolute Gasteiger partial charge is 0.228 e.